The number of ether oxygens (including phenoxy) is 2. The Morgan fingerprint density at radius 3 is 2.57 bits per heavy atom. The minimum absolute atomic E-state index is 0.277. The highest BCUT2D eigenvalue weighted by atomic mass is 32.2. The normalized spacial score (nSPS) is 17.4. The van der Waals surface area contributed by atoms with Crippen LogP contribution in [0, 0.1) is 0 Å². The van der Waals surface area contributed by atoms with Crippen molar-refractivity contribution in [2.45, 2.75) is 38.8 Å². The van der Waals surface area contributed by atoms with Crippen molar-refractivity contribution in [1.29, 1.82) is 0 Å². The number of nitrogens with one attached hydrogen (secondary N) is 1. The first-order valence-electron chi connectivity index (χ1n) is 9.87. The van der Waals surface area contributed by atoms with Crippen LogP contribution in [-0.4, -0.2) is 39.3 Å². The lowest BCUT2D eigenvalue weighted by Crippen LogP contribution is -2.45. The highest BCUT2D eigenvalue weighted by Crippen LogP contribution is 2.39. The summed E-state index contributed by atoms with van der Waals surface area (Å²) in [6.07, 6.45) is 1.65. The highest BCUT2D eigenvalue weighted by molar-refractivity contribution is 7.92. The number of carbonyl (C=O) groups is 1. The summed E-state index contributed by atoms with van der Waals surface area (Å²) in [5.74, 6) is 0.737. The van der Waals surface area contributed by atoms with Crippen LogP contribution < -0.4 is 19.1 Å². The molecule has 0 saturated carbocycles. The molecule has 162 valence electrons. The van der Waals surface area contributed by atoms with Gasteiger partial charge in [-0.2, -0.15) is 0 Å². The van der Waals surface area contributed by atoms with Crippen LogP contribution in [0.5, 0.6) is 11.5 Å². The first kappa shape index (κ1) is 22.0. The Kier molecular flexibility index (Phi) is 6.26. The van der Waals surface area contributed by atoms with Crippen molar-refractivity contribution in [3.8, 4) is 11.5 Å². The van der Waals surface area contributed by atoms with Gasteiger partial charge >= 0.3 is 0 Å². The first-order chi connectivity index (χ1) is 14.1. The van der Waals surface area contributed by atoms with Gasteiger partial charge < -0.3 is 14.8 Å². The maximum absolute atomic E-state index is 12.9. The molecule has 1 aliphatic rings. The molecule has 30 heavy (non-hydrogen) atoms. The quantitative estimate of drug-likeness (QED) is 0.726. The van der Waals surface area contributed by atoms with E-state index in [4.69, 9.17) is 9.47 Å². The van der Waals surface area contributed by atoms with Crippen molar-refractivity contribution in [2.24, 2.45) is 0 Å². The van der Waals surface area contributed by atoms with Crippen molar-refractivity contribution < 1.29 is 22.7 Å². The van der Waals surface area contributed by atoms with E-state index in [1.807, 2.05) is 45.0 Å². The summed E-state index contributed by atoms with van der Waals surface area (Å²) in [4.78, 5) is 12.9. The lowest BCUT2D eigenvalue weighted by molar-refractivity contribution is -0.120. The van der Waals surface area contributed by atoms with Gasteiger partial charge in [0.05, 0.1) is 24.6 Å². The lowest BCUT2D eigenvalue weighted by atomic mass is 9.89. The third-order valence-corrected chi connectivity index (χ3v) is 5.96. The zero-order chi connectivity index (χ0) is 21.9. The smallest absolute Gasteiger partial charge is 0.241 e. The van der Waals surface area contributed by atoms with E-state index in [-0.39, 0.29) is 12.6 Å². The summed E-state index contributed by atoms with van der Waals surface area (Å²) < 4.78 is 37.6. The van der Waals surface area contributed by atoms with E-state index < -0.39 is 21.5 Å². The van der Waals surface area contributed by atoms with Crippen LogP contribution in [0.15, 0.2) is 48.5 Å². The Hall–Kier alpha value is -2.74. The molecule has 1 amide bonds. The zero-order valence-corrected chi connectivity index (χ0v) is 18.5. The number of hydrogen-bond acceptors (Lipinski definition) is 5. The van der Waals surface area contributed by atoms with Crippen molar-refractivity contribution in [3.63, 3.8) is 0 Å². The molecule has 0 bridgehead atoms. The monoisotopic (exact) mass is 432 g/mol. The van der Waals surface area contributed by atoms with E-state index in [0.717, 1.165) is 21.9 Å². The second-order valence-corrected chi connectivity index (χ2v) is 9.80. The highest BCUT2D eigenvalue weighted by Gasteiger charge is 2.35. The van der Waals surface area contributed by atoms with Gasteiger partial charge in [-0.25, -0.2) is 8.42 Å². The molecule has 0 spiro atoms. The number of hydrogen-bond donors (Lipinski definition) is 1. The third-order valence-electron chi connectivity index (χ3n) is 4.83. The second-order valence-electron chi connectivity index (χ2n) is 7.89. The minimum atomic E-state index is -3.71. The molecular formula is C22H28N2O5S. The summed E-state index contributed by atoms with van der Waals surface area (Å²) in [5, 5.41) is 2.99. The van der Waals surface area contributed by atoms with Crippen LogP contribution in [0.3, 0.4) is 0 Å². The summed E-state index contributed by atoms with van der Waals surface area (Å²) in [5.41, 5.74) is 0.764. The molecule has 1 aliphatic heterocycles. The molecule has 2 aromatic carbocycles. The first-order valence-corrected chi connectivity index (χ1v) is 11.7. The van der Waals surface area contributed by atoms with Crippen molar-refractivity contribution in [2.75, 3.05) is 23.7 Å². The SMILES string of the molecule is CCOc1ccccc1N(CC(=O)N[C@H]1CC(C)(C)Oc2ccccc21)S(C)(=O)=O. The molecule has 8 heteroatoms. The number of fused-ring (bicyclic) bond motifs is 1. The van der Waals surface area contributed by atoms with E-state index in [9.17, 15) is 13.2 Å². The van der Waals surface area contributed by atoms with Gasteiger partial charge in [0.2, 0.25) is 15.9 Å². The number of benzene rings is 2. The molecule has 7 nitrogen and oxygen atoms in total. The Morgan fingerprint density at radius 1 is 1.20 bits per heavy atom. The fourth-order valence-corrected chi connectivity index (χ4v) is 4.48. The molecular weight excluding hydrogens is 404 g/mol. The van der Waals surface area contributed by atoms with Gasteiger partial charge in [0, 0.05) is 12.0 Å². The average molecular weight is 433 g/mol. The number of rotatable bonds is 7. The van der Waals surface area contributed by atoms with Crippen LogP contribution in [0.4, 0.5) is 5.69 Å². The van der Waals surface area contributed by atoms with Crippen LogP contribution >= 0.6 is 0 Å². The standard InChI is InChI=1S/C22H28N2O5S/c1-5-28-20-13-9-7-11-18(20)24(30(4,26)27)15-21(25)23-17-14-22(2,3)29-19-12-8-6-10-16(17)19/h6-13,17H,5,14-15H2,1-4H3,(H,23,25)/t17-/m0/s1. The zero-order valence-electron chi connectivity index (χ0n) is 17.7. The maximum atomic E-state index is 12.9. The van der Waals surface area contributed by atoms with Gasteiger partial charge in [-0.15, -0.1) is 0 Å². The molecule has 0 fully saturated rings. The van der Waals surface area contributed by atoms with Crippen LogP contribution in [0.2, 0.25) is 0 Å². The summed E-state index contributed by atoms with van der Waals surface area (Å²) >= 11 is 0. The predicted octanol–water partition coefficient (Wildman–Crippen LogP) is 3.27. The number of amides is 1. The van der Waals surface area contributed by atoms with E-state index >= 15 is 0 Å². The predicted molar refractivity (Wildman–Crippen MR) is 116 cm³/mol. The Bertz CT molecular complexity index is 1020. The molecule has 0 radical (unpaired) electrons. The third kappa shape index (κ3) is 5.05. The van der Waals surface area contributed by atoms with Crippen molar-refractivity contribution in [3.05, 3.63) is 54.1 Å². The number of nitrogens with zero attached hydrogens (tertiary/aromatic N) is 1. The summed E-state index contributed by atoms with van der Waals surface area (Å²) in [7, 11) is -3.71. The molecule has 2 aromatic rings. The van der Waals surface area contributed by atoms with E-state index in [1.54, 1.807) is 24.3 Å². The lowest BCUT2D eigenvalue weighted by Gasteiger charge is -2.38. The number of carbonyl (C=O) groups excluding carboxylic acids is 1. The summed E-state index contributed by atoms with van der Waals surface area (Å²) in [6, 6.07) is 14.1. The van der Waals surface area contributed by atoms with E-state index in [1.165, 1.54) is 0 Å². The molecule has 3 rings (SSSR count). The number of sulfonamides is 1. The minimum Gasteiger partial charge on any atom is -0.492 e. The molecule has 0 aromatic heterocycles. The van der Waals surface area contributed by atoms with Crippen molar-refractivity contribution >= 4 is 21.6 Å². The van der Waals surface area contributed by atoms with Gasteiger partial charge in [-0.3, -0.25) is 9.10 Å². The fourth-order valence-electron chi connectivity index (χ4n) is 3.62. The van der Waals surface area contributed by atoms with Gasteiger partial charge in [0.1, 0.15) is 23.6 Å². The van der Waals surface area contributed by atoms with Crippen LogP contribution in [-0.2, 0) is 14.8 Å². The van der Waals surface area contributed by atoms with E-state index in [2.05, 4.69) is 5.32 Å². The molecule has 1 N–H and O–H groups in total. The Balaban J connectivity index is 1.85. The van der Waals surface area contributed by atoms with Crippen LogP contribution in [0.25, 0.3) is 0 Å². The van der Waals surface area contributed by atoms with Gasteiger partial charge in [0.25, 0.3) is 0 Å². The van der Waals surface area contributed by atoms with E-state index in [0.29, 0.717) is 24.5 Å². The molecule has 0 unspecified atom stereocenters. The molecule has 0 saturated heterocycles. The molecule has 0 aliphatic carbocycles. The Labute approximate surface area is 178 Å². The molecule has 1 heterocycles. The van der Waals surface area contributed by atoms with Crippen molar-refractivity contribution in [1.82, 2.24) is 5.32 Å². The summed E-state index contributed by atoms with van der Waals surface area (Å²) in [6.45, 7) is 5.78. The van der Waals surface area contributed by atoms with Crippen LogP contribution in [0.1, 0.15) is 38.8 Å². The van der Waals surface area contributed by atoms with Gasteiger partial charge in [-0.05, 0) is 39.0 Å². The Morgan fingerprint density at radius 2 is 1.87 bits per heavy atom. The maximum Gasteiger partial charge on any atom is 0.241 e. The topological polar surface area (TPSA) is 84.9 Å². The number of para-hydroxylation sites is 3. The second kappa shape index (κ2) is 8.55. The largest absolute Gasteiger partial charge is 0.492 e. The fraction of sp³-hybridized carbons (Fsp3) is 0.409. The van der Waals surface area contributed by atoms with Gasteiger partial charge in [-0.1, -0.05) is 30.3 Å². The van der Waals surface area contributed by atoms with Gasteiger partial charge in [0.15, 0.2) is 0 Å². The average Bonchev–Trinajstić information content (AvgIpc) is 2.65. The molecule has 1 atom stereocenters. The number of anilines is 1.